The van der Waals surface area contributed by atoms with Crippen molar-refractivity contribution in [2.75, 3.05) is 0 Å². The van der Waals surface area contributed by atoms with Crippen LogP contribution in [-0.2, 0) is 9.84 Å². The number of nitro groups is 1. The normalized spacial score (nSPS) is 11.8. The van der Waals surface area contributed by atoms with Gasteiger partial charge in [0.15, 0.2) is 9.84 Å². The maximum absolute atomic E-state index is 12.1. The summed E-state index contributed by atoms with van der Waals surface area (Å²) in [4.78, 5) is 9.83. The Bertz CT molecular complexity index is 846. The lowest BCUT2D eigenvalue weighted by Crippen LogP contribution is -2.01. The van der Waals surface area contributed by atoms with Crippen LogP contribution in [-0.4, -0.2) is 20.0 Å². The van der Waals surface area contributed by atoms with Gasteiger partial charge in [0.05, 0.1) is 9.82 Å². The number of alkyl halides is 2. The van der Waals surface area contributed by atoms with Crippen LogP contribution < -0.4 is 4.74 Å². The fourth-order valence-corrected chi connectivity index (χ4v) is 2.77. The lowest BCUT2D eigenvalue weighted by atomic mass is 10.2. The molecule has 6 nitrogen and oxygen atoms in total. The fourth-order valence-electron chi connectivity index (χ4n) is 1.76. The highest BCUT2D eigenvalue weighted by atomic mass is 32.2. The predicted molar refractivity (Wildman–Crippen MR) is 82.4 cm³/mol. The number of rotatable bonds is 6. The number of nitro benzene ring substituents is 1. The second-order valence-electron chi connectivity index (χ2n) is 4.55. The Morgan fingerprint density at radius 1 is 1.04 bits per heavy atom. The molecule has 2 aromatic rings. The summed E-state index contributed by atoms with van der Waals surface area (Å²) in [5, 5.41) is 11.5. The summed E-state index contributed by atoms with van der Waals surface area (Å²) >= 11 is 0. The molecule has 0 radical (unpaired) electrons. The van der Waals surface area contributed by atoms with Gasteiger partial charge in [-0.15, -0.1) is 0 Å². The maximum atomic E-state index is 12.1. The van der Waals surface area contributed by atoms with Gasteiger partial charge in [0.2, 0.25) is 0 Å². The van der Waals surface area contributed by atoms with Crippen LogP contribution in [0.3, 0.4) is 0 Å². The van der Waals surface area contributed by atoms with Gasteiger partial charge < -0.3 is 4.74 Å². The second kappa shape index (κ2) is 7.18. The minimum absolute atomic E-state index is 0.0413. The molecule has 9 heteroatoms. The van der Waals surface area contributed by atoms with Crippen LogP contribution in [0.15, 0.2) is 58.8 Å². The van der Waals surface area contributed by atoms with Crippen LogP contribution in [0.5, 0.6) is 5.75 Å². The fraction of sp³-hybridized carbons (Fsp3) is 0.0667. The second-order valence-corrected chi connectivity index (χ2v) is 6.38. The molecule has 0 N–H and O–H groups in total. The monoisotopic (exact) mass is 355 g/mol. The molecule has 2 aromatic carbocycles. The Morgan fingerprint density at radius 2 is 1.62 bits per heavy atom. The van der Waals surface area contributed by atoms with E-state index in [4.69, 9.17) is 0 Å². The summed E-state index contributed by atoms with van der Waals surface area (Å²) < 4.78 is 52.5. The Balaban J connectivity index is 2.15. The zero-order chi connectivity index (χ0) is 17.7. The minimum atomic E-state index is -3.78. The zero-order valence-corrected chi connectivity index (χ0v) is 12.8. The van der Waals surface area contributed by atoms with E-state index in [0.717, 1.165) is 29.7 Å². The van der Waals surface area contributed by atoms with Crippen molar-refractivity contribution in [3.05, 3.63) is 69.6 Å². The molecule has 0 unspecified atom stereocenters. The van der Waals surface area contributed by atoms with Gasteiger partial charge in [-0.25, -0.2) is 8.42 Å². The van der Waals surface area contributed by atoms with Gasteiger partial charge in [-0.3, -0.25) is 10.1 Å². The predicted octanol–water partition coefficient (Wildman–Crippen LogP) is 3.64. The van der Waals surface area contributed by atoms with Gasteiger partial charge in [0.25, 0.3) is 5.69 Å². The molecule has 0 saturated heterocycles. The third-order valence-electron chi connectivity index (χ3n) is 2.92. The van der Waals surface area contributed by atoms with E-state index >= 15 is 0 Å². The average molecular weight is 355 g/mol. The summed E-state index contributed by atoms with van der Waals surface area (Å²) in [5.74, 6) is -0.0413. The number of benzene rings is 2. The zero-order valence-electron chi connectivity index (χ0n) is 12.0. The van der Waals surface area contributed by atoms with E-state index < -0.39 is 21.4 Å². The number of halogens is 2. The third kappa shape index (κ3) is 4.59. The van der Waals surface area contributed by atoms with Crippen molar-refractivity contribution >= 4 is 21.6 Å². The summed E-state index contributed by atoms with van der Waals surface area (Å²) in [6.45, 7) is -2.94. The first-order valence-corrected chi connectivity index (χ1v) is 8.05. The molecule has 0 bridgehead atoms. The molecular formula is C15H11F2NO5S. The van der Waals surface area contributed by atoms with Crippen molar-refractivity contribution in [3.8, 4) is 5.75 Å². The lowest BCUT2D eigenvalue weighted by molar-refractivity contribution is -0.384. The molecule has 0 amide bonds. The van der Waals surface area contributed by atoms with Crippen molar-refractivity contribution < 1.29 is 26.9 Å². The van der Waals surface area contributed by atoms with Crippen LogP contribution in [0, 0.1) is 10.1 Å². The van der Waals surface area contributed by atoms with Gasteiger partial charge in [0, 0.05) is 17.5 Å². The van der Waals surface area contributed by atoms with Crippen LogP contribution in [0.2, 0.25) is 0 Å². The molecule has 0 spiro atoms. The van der Waals surface area contributed by atoms with Crippen LogP contribution >= 0.6 is 0 Å². The topological polar surface area (TPSA) is 86.5 Å². The lowest BCUT2D eigenvalue weighted by Gasteiger charge is -2.04. The van der Waals surface area contributed by atoms with Gasteiger partial charge in [-0.05, 0) is 35.9 Å². The first kappa shape index (κ1) is 17.5. The van der Waals surface area contributed by atoms with Crippen LogP contribution in [0.4, 0.5) is 14.5 Å². The van der Waals surface area contributed by atoms with Crippen molar-refractivity contribution in [1.82, 2.24) is 0 Å². The van der Waals surface area contributed by atoms with Gasteiger partial charge in [-0.2, -0.15) is 8.78 Å². The highest BCUT2D eigenvalue weighted by Gasteiger charge is 2.13. The first-order chi connectivity index (χ1) is 11.3. The Labute approximate surface area is 136 Å². The van der Waals surface area contributed by atoms with E-state index in [-0.39, 0.29) is 16.3 Å². The van der Waals surface area contributed by atoms with E-state index in [2.05, 4.69) is 4.74 Å². The SMILES string of the molecule is O=[N+]([O-])c1ccc(S(=O)(=O)/C=C/c2ccc(OC(F)F)cc2)cc1. The van der Waals surface area contributed by atoms with Gasteiger partial charge >= 0.3 is 6.61 Å². The number of hydrogen-bond donors (Lipinski definition) is 0. The average Bonchev–Trinajstić information content (AvgIpc) is 2.54. The highest BCUT2D eigenvalue weighted by molar-refractivity contribution is 7.94. The van der Waals surface area contributed by atoms with E-state index in [1.54, 1.807) is 0 Å². The molecule has 0 atom stereocenters. The Kier molecular flexibility index (Phi) is 5.24. The minimum Gasteiger partial charge on any atom is -0.435 e. The summed E-state index contributed by atoms with van der Waals surface area (Å²) in [6.07, 6.45) is 1.28. The maximum Gasteiger partial charge on any atom is 0.387 e. The first-order valence-electron chi connectivity index (χ1n) is 6.50. The van der Waals surface area contributed by atoms with Crippen molar-refractivity contribution in [2.24, 2.45) is 0 Å². The molecule has 0 aliphatic heterocycles. The van der Waals surface area contributed by atoms with Gasteiger partial charge in [-0.1, -0.05) is 12.1 Å². The highest BCUT2D eigenvalue weighted by Crippen LogP contribution is 2.20. The molecule has 0 aliphatic rings. The smallest absolute Gasteiger partial charge is 0.387 e. The molecule has 126 valence electrons. The molecule has 0 aliphatic carbocycles. The van der Waals surface area contributed by atoms with E-state index in [1.165, 1.54) is 30.3 Å². The van der Waals surface area contributed by atoms with Crippen molar-refractivity contribution in [1.29, 1.82) is 0 Å². The quantitative estimate of drug-likeness (QED) is 0.583. The van der Waals surface area contributed by atoms with Crippen LogP contribution in [0.25, 0.3) is 6.08 Å². The molecule has 0 aromatic heterocycles. The number of sulfone groups is 1. The molecule has 0 saturated carbocycles. The van der Waals surface area contributed by atoms with Crippen molar-refractivity contribution in [3.63, 3.8) is 0 Å². The standard InChI is InChI=1S/C15H11F2NO5S/c16-15(17)23-13-5-1-11(2-6-13)9-10-24(21,22)14-7-3-12(4-8-14)18(19)20/h1-10,15H/b10-9+. The molecule has 0 fully saturated rings. The van der Waals surface area contributed by atoms with E-state index in [1.807, 2.05) is 0 Å². The van der Waals surface area contributed by atoms with E-state index in [0.29, 0.717) is 5.56 Å². The van der Waals surface area contributed by atoms with Crippen LogP contribution in [0.1, 0.15) is 5.56 Å². The largest absolute Gasteiger partial charge is 0.435 e. The third-order valence-corrected chi connectivity index (χ3v) is 4.34. The summed E-state index contributed by atoms with van der Waals surface area (Å²) in [5.41, 5.74) is 0.245. The number of non-ortho nitro benzene ring substituents is 1. The van der Waals surface area contributed by atoms with E-state index in [9.17, 15) is 27.3 Å². The summed E-state index contributed by atoms with van der Waals surface area (Å²) in [7, 11) is -3.78. The molecular weight excluding hydrogens is 344 g/mol. The number of ether oxygens (including phenoxy) is 1. The number of nitrogens with zero attached hydrogens (tertiary/aromatic N) is 1. The molecule has 2 rings (SSSR count). The Hall–Kier alpha value is -2.81. The van der Waals surface area contributed by atoms with Crippen molar-refractivity contribution in [2.45, 2.75) is 11.5 Å². The summed E-state index contributed by atoms with van der Waals surface area (Å²) in [6, 6.07) is 9.86. The Morgan fingerprint density at radius 3 is 2.12 bits per heavy atom. The molecule has 0 heterocycles. The molecule has 24 heavy (non-hydrogen) atoms. The number of hydrogen-bond acceptors (Lipinski definition) is 5. The van der Waals surface area contributed by atoms with Gasteiger partial charge in [0.1, 0.15) is 5.75 Å².